The molecule has 4 nitrogen and oxygen atoms in total. The average Bonchev–Trinajstić information content (AvgIpc) is 2.86. The lowest BCUT2D eigenvalue weighted by Gasteiger charge is -2.23. The van der Waals surface area contributed by atoms with Crippen molar-refractivity contribution in [3.8, 4) is 5.75 Å². The number of rotatable bonds is 4. The molecule has 1 atom stereocenters. The van der Waals surface area contributed by atoms with Crippen molar-refractivity contribution in [2.24, 2.45) is 0 Å². The van der Waals surface area contributed by atoms with Crippen LogP contribution in [0.2, 0.25) is 0 Å². The Bertz CT molecular complexity index is 585. The number of aromatic nitrogens is 2. The van der Waals surface area contributed by atoms with E-state index in [2.05, 4.69) is 22.9 Å². The number of methoxy groups -OCH3 is 1. The lowest BCUT2D eigenvalue weighted by Crippen LogP contribution is -2.29. The highest BCUT2D eigenvalue weighted by molar-refractivity contribution is 5.78. The molecule has 0 radical (unpaired) electrons. The number of imidazole rings is 1. The van der Waals surface area contributed by atoms with E-state index in [1.54, 1.807) is 7.11 Å². The van der Waals surface area contributed by atoms with E-state index in [0.29, 0.717) is 6.04 Å². The third kappa shape index (κ3) is 2.40. The summed E-state index contributed by atoms with van der Waals surface area (Å²) in [5, 5.41) is 3.61. The van der Waals surface area contributed by atoms with E-state index in [1.807, 2.05) is 12.1 Å². The number of nitrogens with one attached hydrogen (secondary N) is 1. The van der Waals surface area contributed by atoms with Gasteiger partial charge in [0.15, 0.2) is 0 Å². The van der Waals surface area contributed by atoms with Gasteiger partial charge >= 0.3 is 0 Å². The first-order chi connectivity index (χ1) is 9.83. The first kappa shape index (κ1) is 13.4. The third-order valence-electron chi connectivity index (χ3n) is 4.05. The molecule has 1 unspecified atom stereocenters. The molecule has 1 aromatic carbocycles. The number of fused-ring (bicyclic) bond motifs is 1. The molecule has 3 rings (SSSR count). The molecule has 0 saturated carbocycles. The number of benzene rings is 1. The highest BCUT2D eigenvalue weighted by Gasteiger charge is 2.21. The molecule has 1 fully saturated rings. The summed E-state index contributed by atoms with van der Waals surface area (Å²) in [6, 6.07) is 6.58. The number of hydrogen-bond acceptors (Lipinski definition) is 3. The van der Waals surface area contributed by atoms with Crippen molar-refractivity contribution < 1.29 is 4.74 Å². The molecule has 0 aliphatic carbocycles. The molecule has 108 valence electrons. The van der Waals surface area contributed by atoms with Gasteiger partial charge < -0.3 is 14.6 Å². The SMILES string of the molecule is CCCn1c(C2CCCCN2)nc2cc(OC)ccc21. The van der Waals surface area contributed by atoms with E-state index in [0.717, 1.165) is 30.8 Å². The molecule has 2 aromatic rings. The number of piperidine rings is 1. The molecule has 0 bridgehead atoms. The summed E-state index contributed by atoms with van der Waals surface area (Å²) in [5.41, 5.74) is 2.26. The van der Waals surface area contributed by atoms with Crippen LogP contribution in [0.5, 0.6) is 5.75 Å². The maximum Gasteiger partial charge on any atom is 0.127 e. The minimum absolute atomic E-state index is 0.397. The van der Waals surface area contributed by atoms with Crippen LogP contribution in [0.15, 0.2) is 18.2 Å². The van der Waals surface area contributed by atoms with Crippen LogP contribution in [-0.2, 0) is 6.54 Å². The minimum atomic E-state index is 0.397. The molecule has 4 heteroatoms. The smallest absolute Gasteiger partial charge is 0.127 e. The molecular formula is C16H23N3O. The van der Waals surface area contributed by atoms with Gasteiger partial charge in [-0.2, -0.15) is 0 Å². The second-order valence-corrected chi connectivity index (χ2v) is 5.48. The highest BCUT2D eigenvalue weighted by Crippen LogP contribution is 2.28. The van der Waals surface area contributed by atoms with Gasteiger partial charge in [0.1, 0.15) is 11.6 Å². The molecule has 0 spiro atoms. The maximum atomic E-state index is 5.31. The predicted molar refractivity (Wildman–Crippen MR) is 81.2 cm³/mol. The zero-order valence-electron chi connectivity index (χ0n) is 12.4. The van der Waals surface area contributed by atoms with Crippen LogP contribution in [0.3, 0.4) is 0 Å². The Kier molecular flexibility index (Phi) is 3.92. The summed E-state index contributed by atoms with van der Waals surface area (Å²) < 4.78 is 7.68. The molecule has 1 aromatic heterocycles. The molecular weight excluding hydrogens is 250 g/mol. The van der Waals surface area contributed by atoms with Crippen molar-refractivity contribution in [3.05, 3.63) is 24.0 Å². The Labute approximate surface area is 120 Å². The second kappa shape index (κ2) is 5.83. The van der Waals surface area contributed by atoms with Gasteiger partial charge in [0.25, 0.3) is 0 Å². The van der Waals surface area contributed by atoms with Crippen LogP contribution in [0, 0.1) is 0 Å². The lowest BCUT2D eigenvalue weighted by molar-refractivity contribution is 0.386. The quantitative estimate of drug-likeness (QED) is 0.929. The first-order valence-electron chi connectivity index (χ1n) is 7.61. The van der Waals surface area contributed by atoms with Gasteiger partial charge in [0.2, 0.25) is 0 Å². The standard InChI is InChI=1S/C16H23N3O/c1-3-10-19-15-8-7-12(20-2)11-14(15)18-16(19)13-6-4-5-9-17-13/h7-8,11,13,17H,3-6,9-10H2,1-2H3. The number of hydrogen-bond donors (Lipinski definition) is 1. The summed E-state index contributed by atoms with van der Waals surface area (Å²) in [4.78, 5) is 4.88. The predicted octanol–water partition coefficient (Wildman–Crippen LogP) is 3.27. The van der Waals surface area contributed by atoms with E-state index in [-0.39, 0.29) is 0 Å². The third-order valence-corrected chi connectivity index (χ3v) is 4.05. The Balaban J connectivity index is 2.06. The maximum absolute atomic E-state index is 5.31. The van der Waals surface area contributed by atoms with Crippen molar-refractivity contribution >= 4 is 11.0 Å². The van der Waals surface area contributed by atoms with Gasteiger partial charge in [-0.05, 0) is 37.9 Å². The molecule has 1 aliphatic rings. The van der Waals surface area contributed by atoms with Gasteiger partial charge in [0.05, 0.1) is 24.2 Å². The monoisotopic (exact) mass is 273 g/mol. The van der Waals surface area contributed by atoms with E-state index in [4.69, 9.17) is 9.72 Å². The van der Waals surface area contributed by atoms with Crippen LogP contribution in [0.4, 0.5) is 0 Å². The Hall–Kier alpha value is -1.55. The van der Waals surface area contributed by atoms with Crippen molar-refractivity contribution in [1.82, 2.24) is 14.9 Å². The molecule has 1 aliphatic heterocycles. The molecule has 0 amide bonds. The van der Waals surface area contributed by atoms with Crippen molar-refractivity contribution in [3.63, 3.8) is 0 Å². The number of nitrogens with zero attached hydrogens (tertiary/aromatic N) is 2. The Morgan fingerprint density at radius 1 is 1.40 bits per heavy atom. The normalized spacial score (nSPS) is 19.4. The van der Waals surface area contributed by atoms with Gasteiger partial charge in [-0.1, -0.05) is 13.3 Å². The van der Waals surface area contributed by atoms with E-state index in [9.17, 15) is 0 Å². The largest absolute Gasteiger partial charge is 0.497 e. The summed E-state index contributed by atoms with van der Waals surface area (Å²) in [6.07, 6.45) is 4.87. The Morgan fingerprint density at radius 2 is 2.30 bits per heavy atom. The summed E-state index contributed by atoms with van der Waals surface area (Å²) in [5.74, 6) is 2.07. The molecule has 1 N–H and O–H groups in total. The summed E-state index contributed by atoms with van der Waals surface area (Å²) >= 11 is 0. The zero-order valence-corrected chi connectivity index (χ0v) is 12.4. The van der Waals surface area contributed by atoms with Gasteiger partial charge in [0, 0.05) is 12.6 Å². The van der Waals surface area contributed by atoms with Gasteiger partial charge in [-0.25, -0.2) is 4.98 Å². The van der Waals surface area contributed by atoms with Crippen molar-refractivity contribution in [2.45, 2.75) is 45.2 Å². The van der Waals surface area contributed by atoms with E-state index in [1.165, 1.54) is 30.6 Å². The van der Waals surface area contributed by atoms with Crippen LogP contribution in [-0.4, -0.2) is 23.2 Å². The van der Waals surface area contributed by atoms with Crippen LogP contribution in [0.1, 0.15) is 44.5 Å². The fourth-order valence-corrected chi connectivity index (χ4v) is 3.05. The van der Waals surface area contributed by atoms with Crippen LogP contribution in [0.25, 0.3) is 11.0 Å². The van der Waals surface area contributed by atoms with Crippen molar-refractivity contribution in [1.29, 1.82) is 0 Å². The highest BCUT2D eigenvalue weighted by atomic mass is 16.5. The molecule has 20 heavy (non-hydrogen) atoms. The zero-order chi connectivity index (χ0) is 13.9. The molecule has 2 heterocycles. The lowest BCUT2D eigenvalue weighted by atomic mass is 10.0. The van der Waals surface area contributed by atoms with Crippen LogP contribution >= 0.6 is 0 Å². The van der Waals surface area contributed by atoms with Gasteiger partial charge in [-0.3, -0.25) is 0 Å². The van der Waals surface area contributed by atoms with E-state index < -0.39 is 0 Å². The van der Waals surface area contributed by atoms with Gasteiger partial charge in [-0.15, -0.1) is 0 Å². The fraction of sp³-hybridized carbons (Fsp3) is 0.562. The second-order valence-electron chi connectivity index (χ2n) is 5.48. The van der Waals surface area contributed by atoms with E-state index >= 15 is 0 Å². The fourth-order valence-electron chi connectivity index (χ4n) is 3.05. The molecule has 1 saturated heterocycles. The summed E-state index contributed by atoms with van der Waals surface area (Å²) in [6.45, 7) is 4.34. The van der Waals surface area contributed by atoms with Crippen LogP contribution < -0.4 is 10.1 Å². The number of aryl methyl sites for hydroxylation is 1. The first-order valence-corrected chi connectivity index (χ1v) is 7.61. The number of ether oxygens (including phenoxy) is 1. The topological polar surface area (TPSA) is 39.1 Å². The average molecular weight is 273 g/mol. The van der Waals surface area contributed by atoms with Crippen molar-refractivity contribution in [2.75, 3.05) is 13.7 Å². The minimum Gasteiger partial charge on any atom is -0.497 e. The Morgan fingerprint density at radius 3 is 3.00 bits per heavy atom. The summed E-state index contributed by atoms with van der Waals surface area (Å²) in [7, 11) is 1.70.